The zero-order valence-electron chi connectivity index (χ0n) is 13.3. The molecule has 5 nitrogen and oxygen atoms in total. The Bertz CT molecular complexity index is 553. The number of nitrogens with zero attached hydrogens (tertiary/aromatic N) is 2. The fourth-order valence-corrected chi connectivity index (χ4v) is 3.28. The van der Waals surface area contributed by atoms with Crippen molar-refractivity contribution in [3.63, 3.8) is 0 Å². The Balaban J connectivity index is 2.33. The first-order chi connectivity index (χ1) is 9.76. The number of rotatable bonds is 4. The van der Waals surface area contributed by atoms with Gasteiger partial charge in [0.05, 0.1) is 17.2 Å². The molecule has 2 heterocycles. The van der Waals surface area contributed by atoms with Gasteiger partial charge in [0.15, 0.2) is 0 Å². The standard InChI is InChI=1S/C15H23N3O2S/c1-6-9(2)12-13(19)17-15(4,5)14(20)18(12)7-11-8-21-10(3)16-11/h8-9,12H,6-7H2,1-5H3,(H,17,19). The SMILES string of the molecule is CCC(C)C1C(=O)NC(C)(C)C(=O)N1Cc1csc(C)n1. The average Bonchev–Trinajstić information content (AvgIpc) is 2.80. The van der Waals surface area contributed by atoms with Crippen LogP contribution in [0.2, 0.25) is 0 Å². The van der Waals surface area contributed by atoms with Gasteiger partial charge in [-0.3, -0.25) is 9.59 Å². The topological polar surface area (TPSA) is 62.3 Å². The van der Waals surface area contributed by atoms with E-state index in [1.807, 2.05) is 26.2 Å². The number of amides is 2. The summed E-state index contributed by atoms with van der Waals surface area (Å²) in [4.78, 5) is 31.3. The highest BCUT2D eigenvalue weighted by Gasteiger charge is 2.46. The molecule has 0 aliphatic carbocycles. The van der Waals surface area contributed by atoms with E-state index in [-0.39, 0.29) is 17.7 Å². The Kier molecular flexibility index (Phi) is 4.37. The number of aromatic nitrogens is 1. The fourth-order valence-electron chi connectivity index (χ4n) is 2.68. The molecule has 1 aliphatic rings. The summed E-state index contributed by atoms with van der Waals surface area (Å²) in [5, 5.41) is 5.77. The van der Waals surface area contributed by atoms with Crippen LogP contribution in [0.3, 0.4) is 0 Å². The molecule has 1 saturated heterocycles. The van der Waals surface area contributed by atoms with Crippen molar-refractivity contribution in [1.82, 2.24) is 15.2 Å². The molecule has 2 amide bonds. The number of piperazine rings is 1. The van der Waals surface area contributed by atoms with E-state index in [9.17, 15) is 9.59 Å². The lowest BCUT2D eigenvalue weighted by atomic mass is 9.89. The smallest absolute Gasteiger partial charge is 0.248 e. The van der Waals surface area contributed by atoms with E-state index in [4.69, 9.17) is 0 Å². The zero-order chi connectivity index (χ0) is 15.8. The van der Waals surface area contributed by atoms with Crippen molar-refractivity contribution >= 4 is 23.2 Å². The third kappa shape index (κ3) is 3.10. The maximum atomic E-state index is 12.7. The maximum absolute atomic E-state index is 12.7. The molecule has 21 heavy (non-hydrogen) atoms. The van der Waals surface area contributed by atoms with Crippen LogP contribution in [-0.2, 0) is 16.1 Å². The van der Waals surface area contributed by atoms with Gasteiger partial charge in [0.1, 0.15) is 11.6 Å². The Hall–Kier alpha value is -1.43. The molecule has 0 bridgehead atoms. The lowest BCUT2D eigenvalue weighted by Gasteiger charge is -2.44. The first kappa shape index (κ1) is 15.9. The summed E-state index contributed by atoms with van der Waals surface area (Å²) >= 11 is 1.56. The summed E-state index contributed by atoms with van der Waals surface area (Å²) in [5.41, 5.74) is -0.00352. The molecule has 2 unspecified atom stereocenters. The van der Waals surface area contributed by atoms with Gasteiger partial charge in [0.2, 0.25) is 11.8 Å². The minimum absolute atomic E-state index is 0.0435. The van der Waals surface area contributed by atoms with Crippen LogP contribution in [0.5, 0.6) is 0 Å². The summed E-state index contributed by atoms with van der Waals surface area (Å²) in [6, 6.07) is -0.419. The van der Waals surface area contributed by atoms with Gasteiger partial charge in [0.25, 0.3) is 0 Å². The molecule has 0 spiro atoms. The summed E-state index contributed by atoms with van der Waals surface area (Å²) in [6.45, 7) is 9.88. The van der Waals surface area contributed by atoms with Gasteiger partial charge < -0.3 is 10.2 Å². The first-order valence-electron chi connectivity index (χ1n) is 7.30. The van der Waals surface area contributed by atoms with Crippen LogP contribution in [0.1, 0.15) is 44.8 Å². The van der Waals surface area contributed by atoms with Crippen molar-refractivity contribution in [2.45, 2.75) is 59.2 Å². The second-order valence-electron chi connectivity index (χ2n) is 6.24. The van der Waals surface area contributed by atoms with Crippen LogP contribution in [0.15, 0.2) is 5.38 Å². The quantitative estimate of drug-likeness (QED) is 0.926. The summed E-state index contributed by atoms with van der Waals surface area (Å²) in [6.07, 6.45) is 0.846. The minimum atomic E-state index is -0.855. The highest BCUT2D eigenvalue weighted by atomic mass is 32.1. The second-order valence-corrected chi connectivity index (χ2v) is 7.30. The maximum Gasteiger partial charge on any atom is 0.248 e. The van der Waals surface area contributed by atoms with Crippen molar-refractivity contribution in [3.05, 3.63) is 16.1 Å². The molecule has 1 aliphatic heterocycles. The Morgan fingerprint density at radius 2 is 2.14 bits per heavy atom. The highest BCUT2D eigenvalue weighted by molar-refractivity contribution is 7.09. The Morgan fingerprint density at radius 3 is 2.67 bits per heavy atom. The largest absolute Gasteiger partial charge is 0.340 e. The lowest BCUT2D eigenvalue weighted by molar-refractivity contribution is -0.156. The fraction of sp³-hybridized carbons (Fsp3) is 0.667. The predicted molar refractivity (Wildman–Crippen MR) is 82.9 cm³/mol. The Morgan fingerprint density at radius 1 is 1.48 bits per heavy atom. The van der Waals surface area contributed by atoms with Crippen LogP contribution in [0.25, 0.3) is 0 Å². The van der Waals surface area contributed by atoms with Crippen LogP contribution in [0.4, 0.5) is 0 Å². The van der Waals surface area contributed by atoms with E-state index in [2.05, 4.69) is 10.3 Å². The number of aryl methyl sites for hydroxylation is 1. The van der Waals surface area contributed by atoms with E-state index in [1.165, 1.54) is 0 Å². The van der Waals surface area contributed by atoms with Gasteiger partial charge >= 0.3 is 0 Å². The number of thiazole rings is 1. The van der Waals surface area contributed by atoms with Crippen LogP contribution in [0, 0.1) is 12.8 Å². The second kappa shape index (κ2) is 5.75. The molecule has 1 aromatic heterocycles. The van der Waals surface area contributed by atoms with Gasteiger partial charge in [0, 0.05) is 5.38 Å². The molecule has 0 saturated carbocycles. The summed E-state index contributed by atoms with van der Waals surface area (Å²) in [7, 11) is 0. The molecule has 2 atom stereocenters. The van der Waals surface area contributed by atoms with Gasteiger partial charge in [-0.25, -0.2) is 4.98 Å². The van der Waals surface area contributed by atoms with E-state index in [0.29, 0.717) is 6.54 Å². The molecule has 6 heteroatoms. The Labute approximate surface area is 129 Å². The van der Waals surface area contributed by atoms with Crippen LogP contribution >= 0.6 is 11.3 Å². The number of nitrogens with one attached hydrogen (secondary N) is 1. The molecular weight excluding hydrogens is 286 g/mol. The molecule has 1 fully saturated rings. The predicted octanol–water partition coefficient (Wildman–Crippen LogP) is 2.10. The third-order valence-corrected chi connectivity index (χ3v) is 4.84. The van der Waals surface area contributed by atoms with Gasteiger partial charge in [-0.05, 0) is 26.7 Å². The molecule has 2 rings (SSSR count). The minimum Gasteiger partial charge on any atom is -0.340 e. The normalized spacial score (nSPS) is 23.1. The number of carbonyl (C=O) groups is 2. The van der Waals surface area contributed by atoms with Gasteiger partial charge in [-0.2, -0.15) is 0 Å². The molecule has 116 valence electrons. The summed E-state index contributed by atoms with van der Waals surface area (Å²) in [5.74, 6) is 0.00346. The van der Waals surface area contributed by atoms with Crippen LogP contribution in [-0.4, -0.2) is 33.3 Å². The van der Waals surface area contributed by atoms with E-state index < -0.39 is 11.6 Å². The molecular formula is C15H23N3O2S. The third-order valence-electron chi connectivity index (χ3n) is 4.02. The average molecular weight is 309 g/mol. The number of hydrogen-bond acceptors (Lipinski definition) is 4. The van der Waals surface area contributed by atoms with E-state index >= 15 is 0 Å². The first-order valence-corrected chi connectivity index (χ1v) is 8.18. The number of hydrogen-bond donors (Lipinski definition) is 1. The van der Waals surface area contributed by atoms with Gasteiger partial charge in [-0.1, -0.05) is 20.3 Å². The molecule has 0 aromatic carbocycles. The highest BCUT2D eigenvalue weighted by Crippen LogP contribution is 2.26. The van der Waals surface area contributed by atoms with Crippen molar-refractivity contribution in [2.24, 2.45) is 5.92 Å². The number of carbonyl (C=O) groups excluding carboxylic acids is 2. The van der Waals surface area contributed by atoms with E-state index in [1.54, 1.807) is 30.1 Å². The molecule has 0 radical (unpaired) electrons. The molecule has 1 N–H and O–H groups in total. The lowest BCUT2D eigenvalue weighted by Crippen LogP contribution is -2.69. The van der Waals surface area contributed by atoms with Crippen molar-refractivity contribution < 1.29 is 9.59 Å². The van der Waals surface area contributed by atoms with Gasteiger partial charge in [-0.15, -0.1) is 11.3 Å². The van der Waals surface area contributed by atoms with Crippen molar-refractivity contribution in [2.75, 3.05) is 0 Å². The van der Waals surface area contributed by atoms with Crippen molar-refractivity contribution in [3.8, 4) is 0 Å². The monoisotopic (exact) mass is 309 g/mol. The van der Waals surface area contributed by atoms with Crippen LogP contribution < -0.4 is 5.32 Å². The summed E-state index contributed by atoms with van der Waals surface area (Å²) < 4.78 is 0. The molecule has 1 aromatic rings. The zero-order valence-corrected chi connectivity index (χ0v) is 14.1. The van der Waals surface area contributed by atoms with Crippen molar-refractivity contribution in [1.29, 1.82) is 0 Å². The van der Waals surface area contributed by atoms with E-state index in [0.717, 1.165) is 17.1 Å².